The lowest BCUT2D eigenvalue weighted by atomic mass is 9.99. The molecule has 8 heteroatoms. The van der Waals surface area contributed by atoms with Crippen molar-refractivity contribution in [1.82, 2.24) is 15.5 Å². The van der Waals surface area contributed by atoms with E-state index in [0.717, 1.165) is 67.9 Å². The highest BCUT2D eigenvalue weighted by Crippen LogP contribution is 2.32. The Kier molecular flexibility index (Phi) is 13.0. The highest BCUT2D eigenvalue weighted by Gasteiger charge is 2.20. The number of benzene rings is 3. The molecule has 0 aliphatic carbocycles. The van der Waals surface area contributed by atoms with Crippen molar-refractivity contribution < 1.29 is 14.3 Å². The predicted molar refractivity (Wildman–Crippen MR) is 174 cm³/mol. The van der Waals surface area contributed by atoms with Crippen LogP contribution in [0.1, 0.15) is 55.3 Å². The van der Waals surface area contributed by atoms with Gasteiger partial charge in [-0.15, -0.1) is 0 Å². The number of piperazine rings is 1. The molecule has 1 atom stereocenters. The Morgan fingerprint density at radius 2 is 1.84 bits per heavy atom. The molecule has 0 radical (unpaired) electrons. The fourth-order valence-corrected chi connectivity index (χ4v) is 5.24. The second-order valence-corrected chi connectivity index (χ2v) is 11.0. The zero-order chi connectivity index (χ0) is 30.3. The number of unbranched alkanes of at least 4 members (excludes halogenated alkanes) is 1. The van der Waals surface area contributed by atoms with Crippen LogP contribution >= 0.6 is 0 Å². The number of methoxy groups -OCH3 is 1. The van der Waals surface area contributed by atoms with E-state index in [-0.39, 0.29) is 11.9 Å². The first kappa shape index (κ1) is 32.2. The number of nitrogens with one attached hydrogen (secondary N) is 2. The van der Waals surface area contributed by atoms with E-state index in [9.17, 15) is 4.79 Å². The lowest BCUT2D eigenvalue weighted by Gasteiger charge is -2.34. The molecule has 1 aliphatic rings. The van der Waals surface area contributed by atoms with Crippen molar-refractivity contribution in [3.8, 4) is 16.9 Å². The maximum atomic E-state index is 12.4. The highest BCUT2D eigenvalue weighted by atomic mass is 16.5. The van der Waals surface area contributed by atoms with Gasteiger partial charge in [-0.05, 0) is 41.2 Å². The smallest absolute Gasteiger partial charge is 0.226 e. The molecular formula is C35H47N5O3. The first-order chi connectivity index (χ1) is 21.1. The molecular weight excluding hydrogens is 538 g/mol. The van der Waals surface area contributed by atoms with Crippen LogP contribution in [0.3, 0.4) is 0 Å². The monoisotopic (exact) mass is 585 g/mol. The molecule has 3 aromatic rings. The Morgan fingerprint density at radius 1 is 1.05 bits per heavy atom. The number of hydrogen-bond donors (Lipinski definition) is 3. The second-order valence-electron chi connectivity index (χ2n) is 11.0. The molecule has 4 rings (SSSR count). The molecule has 0 spiro atoms. The predicted octanol–water partition coefficient (Wildman–Crippen LogP) is 5.08. The van der Waals surface area contributed by atoms with E-state index < -0.39 is 0 Å². The lowest BCUT2D eigenvalue weighted by Crippen LogP contribution is -2.45. The minimum absolute atomic E-state index is 0.139. The van der Waals surface area contributed by atoms with Crippen molar-refractivity contribution in [2.75, 3.05) is 46.5 Å². The number of hydrogen-bond acceptors (Lipinski definition) is 6. The Morgan fingerprint density at radius 3 is 2.60 bits per heavy atom. The van der Waals surface area contributed by atoms with Crippen molar-refractivity contribution in [1.29, 1.82) is 0 Å². The van der Waals surface area contributed by atoms with Gasteiger partial charge in [-0.1, -0.05) is 80.1 Å². The molecule has 3 aromatic carbocycles. The second kappa shape index (κ2) is 17.4. The Balaban J connectivity index is 1.39. The van der Waals surface area contributed by atoms with Crippen LogP contribution in [-0.4, -0.2) is 63.3 Å². The first-order valence-electron chi connectivity index (χ1n) is 15.5. The molecule has 1 amide bonds. The van der Waals surface area contributed by atoms with Crippen molar-refractivity contribution in [2.45, 2.75) is 51.6 Å². The quantitative estimate of drug-likeness (QED) is 0.131. The van der Waals surface area contributed by atoms with Crippen LogP contribution in [0, 0.1) is 0 Å². The number of rotatable bonds is 15. The van der Waals surface area contributed by atoms with Gasteiger partial charge in [0.2, 0.25) is 5.91 Å². The summed E-state index contributed by atoms with van der Waals surface area (Å²) in [5.74, 6) is 0.863. The molecule has 4 N–H and O–H groups in total. The number of guanidine groups is 1. The minimum atomic E-state index is -0.139. The Labute approximate surface area is 256 Å². The van der Waals surface area contributed by atoms with Crippen molar-refractivity contribution in [3.63, 3.8) is 0 Å². The summed E-state index contributed by atoms with van der Waals surface area (Å²) >= 11 is 0. The topological polar surface area (TPSA) is 101 Å². The number of ether oxygens (including phenoxy) is 2. The molecule has 0 bridgehead atoms. The van der Waals surface area contributed by atoms with Gasteiger partial charge < -0.3 is 20.5 Å². The Hall–Kier alpha value is -3.72. The molecule has 1 aliphatic heterocycles. The maximum absolute atomic E-state index is 12.4. The SMILES string of the molecule is CCCCN=C(N)NC(=O)CCc1ccc(-c2ccc(CN3CCNC(c4ccccc4)C3)cc2)c(OCCCOC)c1. The normalized spacial score (nSPS) is 15.8. The van der Waals surface area contributed by atoms with Crippen LogP contribution in [0.25, 0.3) is 11.1 Å². The van der Waals surface area contributed by atoms with E-state index in [2.05, 4.69) is 94.2 Å². The maximum Gasteiger partial charge on any atom is 0.226 e. The lowest BCUT2D eigenvalue weighted by molar-refractivity contribution is -0.119. The fraction of sp³-hybridized carbons (Fsp3) is 0.429. The summed E-state index contributed by atoms with van der Waals surface area (Å²) in [5, 5.41) is 6.34. The molecule has 8 nitrogen and oxygen atoms in total. The van der Waals surface area contributed by atoms with Gasteiger partial charge in [0.1, 0.15) is 5.75 Å². The molecule has 1 heterocycles. The van der Waals surface area contributed by atoms with E-state index in [0.29, 0.717) is 38.6 Å². The molecule has 0 aromatic heterocycles. The van der Waals surface area contributed by atoms with Gasteiger partial charge in [0.15, 0.2) is 5.96 Å². The molecule has 230 valence electrons. The molecule has 1 saturated heterocycles. The zero-order valence-electron chi connectivity index (χ0n) is 25.7. The molecule has 1 unspecified atom stereocenters. The van der Waals surface area contributed by atoms with Crippen LogP contribution in [0.4, 0.5) is 0 Å². The van der Waals surface area contributed by atoms with E-state index in [1.165, 1.54) is 11.1 Å². The van der Waals surface area contributed by atoms with E-state index in [1.54, 1.807) is 7.11 Å². The van der Waals surface area contributed by atoms with Crippen molar-refractivity contribution >= 4 is 11.9 Å². The minimum Gasteiger partial charge on any atom is -0.493 e. The number of nitrogens with zero attached hydrogens (tertiary/aromatic N) is 2. The van der Waals surface area contributed by atoms with Gasteiger partial charge in [-0.3, -0.25) is 20.0 Å². The zero-order valence-corrected chi connectivity index (χ0v) is 25.7. The number of nitrogens with two attached hydrogens (primary N) is 1. The summed E-state index contributed by atoms with van der Waals surface area (Å²) < 4.78 is 11.4. The van der Waals surface area contributed by atoms with Crippen LogP contribution in [0.2, 0.25) is 0 Å². The molecule has 0 saturated carbocycles. The van der Waals surface area contributed by atoms with Crippen LogP contribution < -0.4 is 21.1 Å². The summed E-state index contributed by atoms with van der Waals surface area (Å²) in [4.78, 5) is 19.1. The van der Waals surface area contributed by atoms with Gasteiger partial charge in [-0.2, -0.15) is 0 Å². The average Bonchev–Trinajstić information content (AvgIpc) is 3.03. The molecule has 43 heavy (non-hydrogen) atoms. The fourth-order valence-electron chi connectivity index (χ4n) is 5.24. The van der Waals surface area contributed by atoms with Crippen molar-refractivity contribution in [3.05, 3.63) is 89.5 Å². The first-order valence-corrected chi connectivity index (χ1v) is 15.5. The number of carbonyl (C=O) groups excluding carboxylic acids is 1. The number of carbonyl (C=O) groups is 1. The largest absolute Gasteiger partial charge is 0.493 e. The van der Waals surface area contributed by atoms with Crippen LogP contribution in [0.5, 0.6) is 5.75 Å². The van der Waals surface area contributed by atoms with Gasteiger partial charge in [0.25, 0.3) is 0 Å². The summed E-state index contributed by atoms with van der Waals surface area (Å²) in [6.07, 6.45) is 3.68. The van der Waals surface area contributed by atoms with Crippen LogP contribution in [-0.2, 0) is 22.5 Å². The summed E-state index contributed by atoms with van der Waals surface area (Å²) in [6, 6.07) is 26.0. The van der Waals surface area contributed by atoms with Crippen molar-refractivity contribution in [2.24, 2.45) is 10.7 Å². The Bertz CT molecular complexity index is 1300. The third-order valence-corrected chi connectivity index (χ3v) is 7.63. The third kappa shape index (κ3) is 10.5. The van der Waals surface area contributed by atoms with Crippen LogP contribution in [0.15, 0.2) is 77.8 Å². The standard InChI is InChI=1S/C35H47N5O3/c1-3-4-19-38-35(36)39-34(41)18-14-27-13-17-31(33(24-27)43-23-8-22-42-2)29-15-11-28(12-16-29)25-40-21-20-37-32(26-40)30-9-6-5-7-10-30/h5-7,9-13,15-17,24,32,37H,3-4,8,14,18-23,25-26H2,1-2H3,(H3,36,38,39,41). The van der Waals surface area contributed by atoms with E-state index in [4.69, 9.17) is 15.2 Å². The van der Waals surface area contributed by atoms with Gasteiger partial charge in [-0.25, -0.2) is 0 Å². The van der Waals surface area contributed by atoms with E-state index in [1.807, 2.05) is 6.07 Å². The summed E-state index contributed by atoms with van der Waals surface area (Å²) in [6.45, 7) is 7.83. The summed E-state index contributed by atoms with van der Waals surface area (Å²) in [7, 11) is 1.70. The average molecular weight is 586 g/mol. The van der Waals surface area contributed by atoms with Gasteiger partial charge >= 0.3 is 0 Å². The number of aryl methyl sites for hydroxylation is 1. The number of aliphatic imine (C=N–C) groups is 1. The van der Waals surface area contributed by atoms with Gasteiger partial charge in [0, 0.05) is 70.9 Å². The number of amides is 1. The van der Waals surface area contributed by atoms with Gasteiger partial charge in [0.05, 0.1) is 6.61 Å². The highest BCUT2D eigenvalue weighted by molar-refractivity contribution is 5.96. The third-order valence-electron chi connectivity index (χ3n) is 7.63. The summed E-state index contributed by atoms with van der Waals surface area (Å²) in [5.41, 5.74) is 11.7. The molecule has 1 fully saturated rings. The van der Waals surface area contributed by atoms with E-state index >= 15 is 0 Å².